The van der Waals surface area contributed by atoms with Gasteiger partial charge in [-0.1, -0.05) is 0 Å². The monoisotopic (exact) mass is 183 g/mol. The van der Waals surface area contributed by atoms with E-state index in [9.17, 15) is 4.79 Å². The molecule has 5 heteroatoms. The molecule has 1 atom stereocenters. The van der Waals surface area contributed by atoms with Crippen LogP contribution in [0, 0.1) is 0 Å². The van der Waals surface area contributed by atoms with Crippen LogP contribution in [0.2, 0.25) is 0 Å². The number of carbonyl (C=O) groups excluding carboxylic acids is 1. The summed E-state index contributed by atoms with van der Waals surface area (Å²) in [5.41, 5.74) is 8.20. The summed E-state index contributed by atoms with van der Waals surface area (Å²) in [6.07, 6.45) is 2.87. The Bertz CT molecular complexity index is 236. The van der Waals surface area contributed by atoms with E-state index in [2.05, 4.69) is 4.79 Å². The van der Waals surface area contributed by atoms with Crippen molar-refractivity contribution in [2.24, 2.45) is 0 Å². The van der Waals surface area contributed by atoms with Gasteiger partial charge in [-0.2, -0.15) is 4.79 Å². The van der Waals surface area contributed by atoms with Crippen LogP contribution >= 0.6 is 0 Å². The summed E-state index contributed by atoms with van der Waals surface area (Å²) < 4.78 is 4.98. The number of carbonyl (C=O) groups is 1. The molecule has 0 radical (unpaired) electrons. The van der Waals surface area contributed by atoms with Crippen LogP contribution in [0.25, 0.3) is 5.53 Å². The lowest BCUT2D eigenvalue weighted by Crippen LogP contribution is -2.38. The molecule has 0 aromatic rings. The summed E-state index contributed by atoms with van der Waals surface area (Å²) in [5, 5.41) is 0. The number of hydrogen-bond acceptors (Lipinski definition) is 2. The minimum atomic E-state index is -0.248. The molecule has 0 bridgehead atoms. The third kappa shape index (κ3) is 2.37. The van der Waals surface area contributed by atoms with Crippen molar-refractivity contribution in [3.05, 3.63) is 5.53 Å². The minimum absolute atomic E-state index is 0.135. The van der Waals surface area contributed by atoms with E-state index in [-0.39, 0.29) is 11.9 Å². The molecule has 1 saturated heterocycles. The molecule has 0 spiro atoms. The Morgan fingerprint density at radius 1 is 1.85 bits per heavy atom. The predicted octanol–water partition coefficient (Wildman–Crippen LogP) is -0.0756. The van der Waals surface area contributed by atoms with E-state index >= 15 is 0 Å². The van der Waals surface area contributed by atoms with Crippen LogP contribution in [-0.4, -0.2) is 48.1 Å². The smallest absolute Gasteiger partial charge is 0.344 e. The molecule has 72 valence electrons. The first kappa shape index (κ1) is 9.89. The fraction of sp³-hybridized carbons (Fsp3) is 0.750. The number of rotatable bonds is 3. The molecule has 1 amide bonds. The Balaban J connectivity index is 2.56. The van der Waals surface area contributed by atoms with Crippen LogP contribution in [0.3, 0.4) is 0 Å². The molecule has 1 aliphatic heterocycles. The zero-order chi connectivity index (χ0) is 9.68. The maximum atomic E-state index is 11.3. The molecule has 0 saturated carbocycles. The summed E-state index contributed by atoms with van der Waals surface area (Å²) in [5.74, 6) is -0.248. The highest BCUT2D eigenvalue weighted by Crippen LogP contribution is 2.16. The van der Waals surface area contributed by atoms with E-state index in [0.717, 1.165) is 25.6 Å². The van der Waals surface area contributed by atoms with Gasteiger partial charge in [-0.3, -0.25) is 4.79 Å². The van der Waals surface area contributed by atoms with Crippen molar-refractivity contribution in [2.75, 3.05) is 20.3 Å². The van der Waals surface area contributed by atoms with Gasteiger partial charge >= 0.3 is 12.1 Å². The number of amides is 1. The van der Waals surface area contributed by atoms with Gasteiger partial charge in [-0.15, -0.1) is 0 Å². The second-order valence-corrected chi connectivity index (χ2v) is 3.03. The zero-order valence-corrected chi connectivity index (χ0v) is 7.64. The van der Waals surface area contributed by atoms with Gasteiger partial charge in [0.25, 0.3) is 0 Å². The minimum Gasteiger partial charge on any atom is -0.383 e. The van der Waals surface area contributed by atoms with Gasteiger partial charge in [-0.25, -0.2) is 0 Å². The molecule has 1 aliphatic rings. The van der Waals surface area contributed by atoms with Crippen LogP contribution in [0.5, 0.6) is 0 Å². The maximum absolute atomic E-state index is 11.3. The standard InChI is InChI=1S/C8H13N3O2/c1-13-6-7-3-2-4-11(7)8(12)5-10-9/h5,7H,2-4,6H2,1H3/t7-/m0/s1. The highest BCUT2D eigenvalue weighted by atomic mass is 16.5. The third-order valence-electron chi connectivity index (χ3n) is 2.19. The highest BCUT2D eigenvalue weighted by Gasteiger charge is 2.29. The van der Waals surface area contributed by atoms with Crippen LogP contribution < -0.4 is 0 Å². The molecule has 1 fully saturated rings. The van der Waals surface area contributed by atoms with Gasteiger partial charge in [0.05, 0.1) is 12.6 Å². The first-order chi connectivity index (χ1) is 6.29. The average Bonchev–Trinajstić information content (AvgIpc) is 2.54. The van der Waals surface area contributed by atoms with Crippen molar-refractivity contribution in [3.8, 4) is 0 Å². The number of ether oxygens (including phenoxy) is 1. The molecule has 13 heavy (non-hydrogen) atoms. The van der Waals surface area contributed by atoms with Crippen LogP contribution in [0.4, 0.5) is 0 Å². The second kappa shape index (κ2) is 4.74. The predicted molar refractivity (Wildman–Crippen MR) is 46.3 cm³/mol. The van der Waals surface area contributed by atoms with Crippen molar-refractivity contribution >= 4 is 12.1 Å². The molecule has 1 heterocycles. The normalized spacial score (nSPS) is 21.3. The molecule has 0 aromatic heterocycles. The first-order valence-corrected chi connectivity index (χ1v) is 4.26. The summed E-state index contributed by atoms with van der Waals surface area (Å²) in [4.78, 5) is 15.7. The van der Waals surface area contributed by atoms with Gasteiger partial charge in [0.15, 0.2) is 0 Å². The van der Waals surface area contributed by atoms with Crippen LogP contribution in [0.15, 0.2) is 0 Å². The number of nitrogens with zero attached hydrogens (tertiary/aromatic N) is 3. The van der Waals surface area contributed by atoms with E-state index in [1.807, 2.05) is 0 Å². The highest BCUT2D eigenvalue weighted by molar-refractivity contribution is 6.23. The number of hydrogen-bond donors (Lipinski definition) is 0. The zero-order valence-electron chi connectivity index (χ0n) is 7.64. The molecule has 0 aliphatic carbocycles. The molecule has 5 nitrogen and oxygen atoms in total. The maximum Gasteiger partial charge on any atom is 0.344 e. The van der Waals surface area contributed by atoms with E-state index in [4.69, 9.17) is 10.3 Å². The number of methoxy groups -OCH3 is 1. The van der Waals surface area contributed by atoms with Gasteiger partial charge in [-0.05, 0) is 12.8 Å². The van der Waals surface area contributed by atoms with E-state index in [0.29, 0.717) is 6.61 Å². The fourth-order valence-electron chi connectivity index (χ4n) is 1.62. The van der Waals surface area contributed by atoms with Gasteiger partial charge in [0.2, 0.25) is 0 Å². The Kier molecular flexibility index (Phi) is 3.61. The molecule has 0 aromatic carbocycles. The fourth-order valence-corrected chi connectivity index (χ4v) is 1.62. The Hall–Kier alpha value is -1.19. The topological polar surface area (TPSA) is 65.9 Å². The summed E-state index contributed by atoms with van der Waals surface area (Å²) >= 11 is 0. The molecule has 0 unspecified atom stereocenters. The van der Waals surface area contributed by atoms with Crippen molar-refractivity contribution in [1.29, 1.82) is 0 Å². The van der Waals surface area contributed by atoms with Crippen LogP contribution in [0.1, 0.15) is 12.8 Å². The molecular formula is C8H13N3O2. The van der Waals surface area contributed by atoms with Gasteiger partial charge < -0.3 is 15.2 Å². The van der Waals surface area contributed by atoms with Crippen molar-refractivity contribution in [2.45, 2.75) is 18.9 Å². The largest absolute Gasteiger partial charge is 0.383 e. The molecular weight excluding hydrogens is 170 g/mol. The van der Waals surface area contributed by atoms with Crippen molar-refractivity contribution in [1.82, 2.24) is 4.90 Å². The summed E-state index contributed by atoms with van der Waals surface area (Å²) in [7, 11) is 1.61. The Morgan fingerprint density at radius 2 is 2.62 bits per heavy atom. The molecule has 0 N–H and O–H groups in total. The van der Waals surface area contributed by atoms with E-state index in [1.54, 1.807) is 12.0 Å². The van der Waals surface area contributed by atoms with E-state index in [1.165, 1.54) is 0 Å². The van der Waals surface area contributed by atoms with Crippen molar-refractivity contribution < 1.29 is 14.3 Å². The first-order valence-electron chi connectivity index (χ1n) is 4.26. The lowest BCUT2D eigenvalue weighted by molar-refractivity contribution is -0.128. The van der Waals surface area contributed by atoms with Gasteiger partial charge in [0, 0.05) is 13.7 Å². The number of likely N-dealkylation sites (tertiary alicyclic amines) is 1. The third-order valence-corrected chi connectivity index (χ3v) is 2.19. The summed E-state index contributed by atoms with van der Waals surface area (Å²) in [6.45, 7) is 1.27. The average molecular weight is 183 g/mol. The summed E-state index contributed by atoms with van der Waals surface area (Å²) in [6, 6.07) is 0.135. The van der Waals surface area contributed by atoms with Crippen molar-refractivity contribution in [3.63, 3.8) is 0 Å². The Morgan fingerprint density at radius 3 is 3.23 bits per heavy atom. The second-order valence-electron chi connectivity index (χ2n) is 3.03. The lowest BCUT2D eigenvalue weighted by atomic mass is 10.2. The van der Waals surface area contributed by atoms with Gasteiger partial charge in [0.1, 0.15) is 0 Å². The SMILES string of the molecule is COC[C@@H]1CCCN1C(=O)C=[N+]=[N-]. The lowest BCUT2D eigenvalue weighted by Gasteiger charge is -2.20. The Labute approximate surface area is 76.9 Å². The molecule has 1 rings (SSSR count). The van der Waals surface area contributed by atoms with Crippen LogP contribution in [-0.2, 0) is 9.53 Å². The van der Waals surface area contributed by atoms with E-state index < -0.39 is 0 Å². The quantitative estimate of drug-likeness (QED) is 0.349.